The van der Waals surface area contributed by atoms with Gasteiger partial charge in [0.05, 0.1) is 13.2 Å². The third-order valence-corrected chi connectivity index (χ3v) is 4.50. The van der Waals surface area contributed by atoms with Crippen LogP contribution in [0, 0.1) is 11.8 Å². The van der Waals surface area contributed by atoms with E-state index >= 15 is 0 Å². The number of ether oxygens (including phenoxy) is 2. The van der Waals surface area contributed by atoms with Gasteiger partial charge in [-0.25, -0.2) is 0 Å². The van der Waals surface area contributed by atoms with Crippen LogP contribution in [-0.4, -0.2) is 23.4 Å². The number of epoxide rings is 1. The van der Waals surface area contributed by atoms with Gasteiger partial charge in [-0.15, -0.1) is 0 Å². The van der Waals surface area contributed by atoms with Gasteiger partial charge in [-0.05, 0) is 30.2 Å². The molecule has 0 aromatic heterocycles. The van der Waals surface area contributed by atoms with Crippen molar-refractivity contribution in [1.29, 1.82) is 0 Å². The molecule has 3 unspecified atom stereocenters. The second-order valence-electron chi connectivity index (χ2n) is 5.94. The molecule has 1 heterocycles. The number of benzene rings is 2. The van der Waals surface area contributed by atoms with Crippen molar-refractivity contribution in [3.8, 4) is 11.8 Å². The second kappa shape index (κ2) is 7.50. The van der Waals surface area contributed by atoms with Gasteiger partial charge in [-0.1, -0.05) is 70.2 Å². The molecule has 0 radical (unpaired) electrons. The molecule has 3 nitrogen and oxygen atoms in total. The number of aliphatic hydroxyl groups is 1. The molecule has 2 aromatic rings. The lowest BCUT2D eigenvalue weighted by atomic mass is 10.1. The van der Waals surface area contributed by atoms with E-state index < -0.39 is 11.7 Å². The Morgan fingerprint density at radius 1 is 1.21 bits per heavy atom. The van der Waals surface area contributed by atoms with Gasteiger partial charge in [0.25, 0.3) is 0 Å². The van der Waals surface area contributed by atoms with Crippen LogP contribution >= 0.6 is 15.9 Å². The predicted molar refractivity (Wildman–Crippen MR) is 96.3 cm³/mol. The van der Waals surface area contributed by atoms with Crippen molar-refractivity contribution >= 4 is 15.9 Å². The van der Waals surface area contributed by atoms with Crippen molar-refractivity contribution in [3.63, 3.8) is 0 Å². The lowest BCUT2D eigenvalue weighted by Gasteiger charge is -2.04. The first-order valence-electron chi connectivity index (χ1n) is 7.82. The number of hydrogen-bond acceptors (Lipinski definition) is 3. The summed E-state index contributed by atoms with van der Waals surface area (Å²) in [5.74, 6) is 5.90. The van der Waals surface area contributed by atoms with Crippen LogP contribution in [-0.2, 0) is 16.1 Å². The zero-order valence-electron chi connectivity index (χ0n) is 13.4. The molecule has 0 spiro atoms. The van der Waals surface area contributed by atoms with Gasteiger partial charge in [-0.2, -0.15) is 0 Å². The quantitative estimate of drug-likeness (QED) is 0.626. The molecule has 1 saturated heterocycles. The van der Waals surface area contributed by atoms with E-state index in [0.29, 0.717) is 13.2 Å². The van der Waals surface area contributed by atoms with Crippen LogP contribution in [0.4, 0.5) is 0 Å². The maximum atomic E-state index is 10.1. The zero-order valence-corrected chi connectivity index (χ0v) is 15.0. The molecule has 4 heteroatoms. The van der Waals surface area contributed by atoms with Gasteiger partial charge in [0.1, 0.15) is 12.2 Å². The summed E-state index contributed by atoms with van der Waals surface area (Å²) in [5.41, 5.74) is 1.37. The van der Waals surface area contributed by atoms with Crippen molar-refractivity contribution in [2.24, 2.45) is 0 Å². The summed E-state index contributed by atoms with van der Waals surface area (Å²) in [6.45, 7) is 2.98. The summed E-state index contributed by atoms with van der Waals surface area (Å²) < 4.78 is 12.3. The minimum atomic E-state index is -0.815. The first-order valence-corrected chi connectivity index (χ1v) is 8.62. The Balaban J connectivity index is 1.49. The van der Waals surface area contributed by atoms with Crippen molar-refractivity contribution in [3.05, 3.63) is 70.2 Å². The Morgan fingerprint density at radius 3 is 2.62 bits per heavy atom. The maximum Gasteiger partial charge on any atom is 0.154 e. The van der Waals surface area contributed by atoms with E-state index in [4.69, 9.17) is 9.47 Å². The van der Waals surface area contributed by atoms with Crippen molar-refractivity contribution in [2.45, 2.75) is 31.3 Å². The van der Waals surface area contributed by atoms with Gasteiger partial charge in [0.2, 0.25) is 0 Å². The van der Waals surface area contributed by atoms with Crippen LogP contribution in [0.15, 0.2) is 59.1 Å². The van der Waals surface area contributed by atoms with E-state index in [-0.39, 0.29) is 6.10 Å². The minimum Gasteiger partial charge on any atom is -0.376 e. The average molecular weight is 387 g/mol. The fraction of sp³-hybridized carbons (Fsp3) is 0.300. The summed E-state index contributed by atoms with van der Waals surface area (Å²) in [7, 11) is 0. The SMILES string of the molecule is CC1(C#CC(O)c2ccc(Br)cc2)OC1COCc1ccccc1. The Kier molecular flexibility index (Phi) is 5.37. The molecule has 0 bridgehead atoms. The van der Waals surface area contributed by atoms with Crippen LogP contribution in [0.5, 0.6) is 0 Å². The Labute approximate surface area is 150 Å². The molecule has 24 heavy (non-hydrogen) atoms. The molecule has 0 aliphatic carbocycles. The van der Waals surface area contributed by atoms with Crippen molar-refractivity contribution < 1.29 is 14.6 Å². The number of aliphatic hydroxyl groups excluding tert-OH is 1. The second-order valence-corrected chi connectivity index (χ2v) is 6.85. The van der Waals surface area contributed by atoms with E-state index in [1.807, 2.05) is 61.5 Å². The third kappa shape index (κ3) is 4.46. The monoisotopic (exact) mass is 386 g/mol. The van der Waals surface area contributed by atoms with E-state index in [1.54, 1.807) is 0 Å². The van der Waals surface area contributed by atoms with Gasteiger partial charge in [0, 0.05) is 4.47 Å². The minimum absolute atomic E-state index is 0.0502. The van der Waals surface area contributed by atoms with Crippen LogP contribution < -0.4 is 0 Å². The summed E-state index contributed by atoms with van der Waals surface area (Å²) in [4.78, 5) is 0. The van der Waals surface area contributed by atoms with Gasteiger partial charge < -0.3 is 14.6 Å². The van der Waals surface area contributed by atoms with Crippen LogP contribution in [0.2, 0.25) is 0 Å². The largest absolute Gasteiger partial charge is 0.376 e. The molecule has 2 aromatic carbocycles. The van der Waals surface area contributed by atoms with Gasteiger partial charge in [0.15, 0.2) is 5.60 Å². The number of rotatable bonds is 5. The molecule has 0 saturated carbocycles. The number of halogens is 1. The highest BCUT2D eigenvalue weighted by Gasteiger charge is 2.51. The van der Waals surface area contributed by atoms with Gasteiger partial charge >= 0.3 is 0 Å². The van der Waals surface area contributed by atoms with Gasteiger partial charge in [-0.3, -0.25) is 0 Å². The van der Waals surface area contributed by atoms with E-state index in [0.717, 1.165) is 15.6 Å². The van der Waals surface area contributed by atoms with Crippen molar-refractivity contribution in [1.82, 2.24) is 0 Å². The Bertz CT molecular complexity index is 733. The molecule has 3 atom stereocenters. The molecular formula is C20H19BrO3. The highest BCUT2D eigenvalue weighted by molar-refractivity contribution is 9.10. The van der Waals surface area contributed by atoms with Crippen LogP contribution in [0.25, 0.3) is 0 Å². The van der Waals surface area contributed by atoms with E-state index in [1.165, 1.54) is 0 Å². The molecule has 1 fully saturated rings. The first kappa shape index (κ1) is 17.2. The third-order valence-electron chi connectivity index (χ3n) is 3.97. The zero-order chi connectivity index (χ0) is 17.0. The summed E-state index contributed by atoms with van der Waals surface area (Å²) in [6, 6.07) is 17.5. The average Bonchev–Trinajstić information content (AvgIpc) is 3.25. The maximum absolute atomic E-state index is 10.1. The standard InChI is InChI=1S/C20H19BrO3/c1-20(12-11-18(22)16-7-9-17(21)10-8-16)19(24-20)14-23-13-15-5-3-2-4-6-15/h2-10,18-19,22H,13-14H2,1H3. The molecule has 3 rings (SSSR count). The molecule has 124 valence electrons. The molecule has 1 aliphatic heterocycles. The summed E-state index contributed by atoms with van der Waals surface area (Å²) >= 11 is 3.37. The van der Waals surface area contributed by atoms with Crippen molar-refractivity contribution in [2.75, 3.05) is 6.61 Å². The molecular weight excluding hydrogens is 368 g/mol. The fourth-order valence-electron chi connectivity index (χ4n) is 2.36. The highest BCUT2D eigenvalue weighted by Crippen LogP contribution is 2.36. The summed E-state index contributed by atoms with van der Waals surface area (Å²) in [6.07, 6.45) is -0.865. The normalized spacial score (nSPS) is 23.2. The lowest BCUT2D eigenvalue weighted by molar-refractivity contribution is 0.104. The topological polar surface area (TPSA) is 42.0 Å². The lowest BCUT2D eigenvalue weighted by Crippen LogP contribution is -2.12. The smallest absolute Gasteiger partial charge is 0.154 e. The summed E-state index contributed by atoms with van der Waals surface area (Å²) in [5, 5.41) is 10.1. The van der Waals surface area contributed by atoms with E-state index in [9.17, 15) is 5.11 Å². The molecule has 1 N–H and O–H groups in total. The van der Waals surface area contributed by atoms with E-state index in [2.05, 4.69) is 27.8 Å². The highest BCUT2D eigenvalue weighted by atomic mass is 79.9. The fourth-order valence-corrected chi connectivity index (χ4v) is 2.63. The predicted octanol–water partition coefficient (Wildman–Crippen LogP) is 3.86. The Morgan fingerprint density at radius 2 is 1.92 bits per heavy atom. The number of hydrogen-bond donors (Lipinski definition) is 1. The van der Waals surface area contributed by atoms with Crippen LogP contribution in [0.1, 0.15) is 24.2 Å². The Hall–Kier alpha value is -1.64. The molecule has 0 amide bonds. The van der Waals surface area contributed by atoms with Crippen LogP contribution in [0.3, 0.4) is 0 Å². The first-order chi connectivity index (χ1) is 11.6. The molecule has 1 aliphatic rings.